The zero-order valence-electron chi connectivity index (χ0n) is 27.3. The van der Waals surface area contributed by atoms with Gasteiger partial charge in [0.25, 0.3) is 0 Å². The summed E-state index contributed by atoms with van der Waals surface area (Å²) >= 11 is 0. The van der Waals surface area contributed by atoms with E-state index in [1.165, 1.54) is 140 Å². The van der Waals surface area contributed by atoms with Crippen molar-refractivity contribution in [3.05, 3.63) is 60.7 Å². The first-order chi connectivity index (χ1) is 19.9. The molecule has 2 aromatic carbocycles. The third kappa shape index (κ3) is 18.0. The first-order valence-corrected chi connectivity index (χ1v) is 18.8. The van der Waals surface area contributed by atoms with Gasteiger partial charge in [-0.1, -0.05) is 158 Å². The third-order valence-corrected chi connectivity index (χ3v) is 10.3. The number of quaternary nitrogens is 1. The van der Waals surface area contributed by atoms with Crippen molar-refractivity contribution < 1.29 is 13.9 Å². The number of hydrogen-bond acceptors (Lipinski definition) is 2. The molecule has 0 spiro atoms. The minimum Gasteiger partial charge on any atom is -0.793 e. The van der Waals surface area contributed by atoms with Gasteiger partial charge >= 0.3 is 0 Å². The lowest BCUT2D eigenvalue weighted by molar-refractivity contribution is -0.910. The molecule has 0 aliphatic rings. The molecule has 2 rings (SSSR count). The van der Waals surface area contributed by atoms with E-state index in [0.717, 1.165) is 0 Å². The highest BCUT2D eigenvalue weighted by Gasteiger charge is 2.20. The Morgan fingerprint density at radius 3 is 1.05 bits per heavy atom. The Balaban J connectivity index is 0.000000468. The van der Waals surface area contributed by atoms with E-state index < -0.39 is 7.37 Å². The highest BCUT2D eigenvalue weighted by atomic mass is 31.2. The summed E-state index contributed by atoms with van der Waals surface area (Å²) in [7, 11) is -1.09. The van der Waals surface area contributed by atoms with Crippen LogP contribution in [0.5, 0.6) is 0 Å². The summed E-state index contributed by atoms with van der Waals surface area (Å²) in [6.07, 6.45) is 25.9. The SMILES string of the molecule is CCCCCCCC[N+](C)(CCCCCCCC)CCCCCCCC.O=P([O-])(c1ccccc1)c1ccccc1. The molecule has 0 aliphatic heterocycles. The van der Waals surface area contributed by atoms with Gasteiger partial charge in [0.05, 0.1) is 34.1 Å². The summed E-state index contributed by atoms with van der Waals surface area (Å²) in [5.74, 6) is 0. The molecule has 0 heterocycles. The normalized spacial score (nSPS) is 11.7. The average Bonchev–Trinajstić information content (AvgIpc) is 3.00. The predicted octanol–water partition coefficient (Wildman–Crippen LogP) is 9.79. The Bertz CT molecular complexity index is 802. The quantitative estimate of drug-likeness (QED) is 0.0740. The summed E-state index contributed by atoms with van der Waals surface area (Å²) in [6.45, 7) is 11.2. The summed E-state index contributed by atoms with van der Waals surface area (Å²) < 4.78 is 13.4. The van der Waals surface area contributed by atoms with Gasteiger partial charge in [-0.05, 0) is 38.5 Å². The number of benzene rings is 2. The molecule has 0 aromatic heterocycles. The average molecular weight is 586 g/mol. The minimum absolute atomic E-state index is 0.358. The summed E-state index contributed by atoms with van der Waals surface area (Å²) in [5, 5.41) is 0.715. The molecule has 0 atom stereocenters. The molecule has 0 bridgehead atoms. The number of rotatable bonds is 23. The molecule has 4 heteroatoms. The highest BCUT2D eigenvalue weighted by molar-refractivity contribution is 7.72. The molecule has 0 radical (unpaired) electrons. The molecule has 0 saturated carbocycles. The van der Waals surface area contributed by atoms with Crippen molar-refractivity contribution in [2.24, 2.45) is 0 Å². The van der Waals surface area contributed by atoms with Crippen LogP contribution in [-0.4, -0.2) is 31.2 Å². The van der Waals surface area contributed by atoms with Gasteiger partial charge in [0.15, 0.2) is 0 Å². The van der Waals surface area contributed by atoms with Crippen LogP contribution in [0.3, 0.4) is 0 Å². The summed E-state index contributed by atoms with van der Waals surface area (Å²) in [5.41, 5.74) is 0. The van der Waals surface area contributed by atoms with Gasteiger partial charge in [0.2, 0.25) is 0 Å². The molecular weight excluding hydrogens is 521 g/mol. The Morgan fingerprint density at radius 1 is 0.488 bits per heavy atom. The Morgan fingerprint density at radius 2 is 0.756 bits per heavy atom. The van der Waals surface area contributed by atoms with Crippen LogP contribution >= 0.6 is 7.37 Å². The van der Waals surface area contributed by atoms with Crippen LogP contribution in [-0.2, 0) is 4.57 Å². The molecule has 0 fully saturated rings. The maximum Gasteiger partial charge on any atom is 0.0784 e. The Hall–Kier alpha value is -1.41. The zero-order valence-corrected chi connectivity index (χ0v) is 28.2. The summed E-state index contributed by atoms with van der Waals surface area (Å²) in [6, 6.07) is 16.9. The Labute approximate surface area is 255 Å². The third-order valence-electron chi connectivity index (χ3n) is 8.35. The van der Waals surface area contributed by atoms with Crippen LogP contribution in [0.25, 0.3) is 0 Å². The van der Waals surface area contributed by atoms with Gasteiger partial charge in [-0.2, -0.15) is 0 Å². The van der Waals surface area contributed by atoms with Crippen LogP contribution in [0.2, 0.25) is 0 Å². The fraction of sp³-hybridized carbons (Fsp3) is 0.676. The van der Waals surface area contributed by atoms with Crippen molar-refractivity contribution in [2.45, 2.75) is 136 Å². The van der Waals surface area contributed by atoms with Crippen molar-refractivity contribution in [3.63, 3.8) is 0 Å². The lowest BCUT2D eigenvalue weighted by atomic mass is 10.1. The molecule has 0 saturated heterocycles. The van der Waals surface area contributed by atoms with Crippen molar-refractivity contribution in [2.75, 3.05) is 26.7 Å². The van der Waals surface area contributed by atoms with Gasteiger partial charge in [0, 0.05) is 10.6 Å². The van der Waals surface area contributed by atoms with E-state index in [2.05, 4.69) is 27.8 Å². The molecule has 0 aliphatic carbocycles. The topological polar surface area (TPSA) is 40.1 Å². The molecule has 0 N–H and O–H groups in total. The smallest absolute Gasteiger partial charge is 0.0784 e. The Kier molecular flexibility index (Phi) is 22.1. The number of nitrogens with zero attached hydrogens (tertiary/aromatic N) is 1. The molecule has 234 valence electrons. The highest BCUT2D eigenvalue weighted by Crippen LogP contribution is 2.32. The first-order valence-electron chi connectivity index (χ1n) is 17.2. The molecule has 0 unspecified atom stereocenters. The zero-order chi connectivity index (χ0) is 30.1. The second-order valence-corrected chi connectivity index (χ2v) is 14.5. The van der Waals surface area contributed by atoms with Crippen molar-refractivity contribution in [3.8, 4) is 0 Å². The van der Waals surface area contributed by atoms with E-state index in [4.69, 9.17) is 0 Å². The van der Waals surface area contributed by atoms with E-state index in [-0.39, 0.29) is 0 Å². The van der Waals surface area contributed by atoms with E-state index in [1.807, 2.05) is 0 Å². The van der Waals surface area contributed by atoms with E-state index in [0.29, 0.717) is 10.6 Å². The lowest BCUT2D eigenvalue weighted by Crippen LogP contribution is -2.46. The van der Waals surface area contributed by atoms with Gasteiger partial charge in [-0.25, -0.2) is 0 Å². The van der Waals surface area contributed by atoms with Crippen LogP contribution in [0.4, 0.5) is 0 Å². The minimum atomic E-state index is -3.65. The molecule has 41 heavy (non-hydrogen) atoms. The van der Waals surface area contributed by atoms with Crippen LogP contribution < -0.4 is 15.5 Å². The first kappa shape index (κ1) is 37.6. The van der Waals surface area contributed by atoms with Crippen molar-refractivity contribution in [1.29, 1.82) is 0 Å². The fourth-order valence-corrected chi connectivity index (χ4v) is 6.98. The van der Waals surface area contributed by atoms with Crippen LogP contribution in [0, 0.1) is 0 Å². The van der Waals surface area contributed by atoms with Crippen molar-refractivity contribution in [1.82, 2.24) is 0 Å². The maximum absolute atomic E-state index is 12.1. The lowest BCUT2D eigenvalue weighted by Gasteiger charge is -2.35. The number of hydrogen-bond donors (Lipinski definition) is 0. The van der Waals surface area contributed by atoms with Gasteiger partial charge in [0.1, 0.15) is 0 Å². The fourth-order valence-electron chi connectivity index (χ4n) is 5.55. The standard InChI is InChI=1S/C25H54N.C12H11O2P/c1-5-8-11-14-17-20-23-26(4,24-21-18-15-12-9-6-2)25-22-19-16-13-10-7-3;13-15(14,11-7-3-1-4-8-11)12-9-5-2-6-10-12/h5-25H2,1-4H3;1-10H,(H,13,14)/q+1;/p-1. The molecular formula is C37H64NO2P. The van der Waals surface area contributed by atoms with Crippen LogP contribution in [0.1, 0.15) is 136 Å². The monoisotopic (exact) mass is 585 g/mol. The van der Waals surface area contributed by atoms with Crippen LogP contribution in [0.15, 0.2) is 60.7 Å². The largest absolute Gasteiger partial charge is 0.793 e. The predicted molar refractivity (Wildman–Crippen MR) is 181 cm³/mol. The van der Waals surface area contributed by atoms with Gasteiger partial charge in [-0.15, -0.1) is 0 Å². The maximum atomic E-state index is 12.1. The van der Waals surface area contributed by atoms with Gasteiger partial charge < -0.3 is 13.9 Å². The van der Waals surface area contributed by atoms with E-state index >= 15 is 0 Å². The number of unbranched alkanes of at least 4 members (excludes halogenated alkanes) is 15. The van der Waals surface area contributed by atoms with E-state index in [1.54, 1.807) is 60.7 Å². The second-order valence-electron chi connectivity index (χ2n) is 12.3. The molecule has 0 amide bonds. The second kappa shape index (κ2) is 24.1. The summed E-state index contributed by atoms with van der Waals surface area (Å²) in [4.78, 5) is 12.1. The van der Waals surface area contributed by atoms with E-state index in [9.17, 15) is 9.46 Å². The van der Waals surface area contributed by atoms with Gasteiger partial charge in [-0.3, -0.25) is 0 Å². The molecule has 2 aromatic rings. The molecule has 3 nitrogen and oxygen atoms in total. The van der Waals surface area contributed by atoms with Crippen molar-refractivity contribution >= 4 is 18.0 Å².